The Bertz CT molecular complexity index is 776. The molecule has 0 saturated heterocycles. The van der Waals surface area contributed by atoms with Gasteiger partial charge in [-0.15, -0.1) is 6.58 Å². The molecule has 5 N–H and O–H groups in total. The van der Waals surface area contributed by atoms with E-state index in [0.717, 1.165) is 88.6 Å². The standard InChI is InChI=1S/C28H44ClFN4/c1-3-4-5-8-17-34-23(2)19-26-14-13-25(20-28(26)30)11-7-6-10-24(12-9-16-31)15-18-33-22-27(29)21-32/h3,13-14,20-22,24,34H,1-2,4-12,15-19,31-32H2/b27-21+,33-22?. The van der Waals surface area contributed by atoms with E-state index in [-0.39, 0.29) is 5.82 Å². The Morgan fingerprint density at radius 3 is 2.65 bits per heavy atom. The first kappa shape index (κ1) is 29.9. The van der Waals surface area contributed by atoms with Gasteiger partial charge < -0.3 is 16.8 Å². The van der Waals surface area contributed by atoms with Crippen LogP contribution in [0.25, 0.3) is 0 Å². The quantitative estimate of drug-likeness (QED) is 0.112. The Kier molecular flexibility index (Phi) is 16.9. The van der Waals surface area contributed by atoms with Crippen molar-refractivity contribution in [2.45, 2.75) is 70.6 Å². The molecule has 1 aromatic carbocycles. The van der Waals surface area contributed by atoms with Crippen molar-refractivity contribution in [2.75, 3.05) is 19.6 Å². The van der Waals surface area contributed by atoms with Crippen molar-refractivity contribution in [3.05, 3.63) is 71.3 Å². The van der Waals surface area contributed by atoms with Gasteiger partial charge in [0.2, 0.25) is 0 Å². The van der Waals surface area contributed by atoms with E-state index >= 15 is 0 Å². The van der Waals surface area contributed by atoms with Crippen molar-refractivity contribution in [1.29, 1.82) is 0 Å². The molecule has 0 aliphatic carbocycles. The number of aliphatic imine (C=N–C) groups is 1. The summed E-state index contributed by atoms with van der Waals surface area (Å²) in [7, 11) is 0. The van der Waals surface area contributed by atoms with Crippen LogP contribution in [-0.4, -0.2) is 25.8 Å². The summed E-state index contributed by atoms with van der Waals surface area (Å²) in [4.78, 5) is 4.34. The van der Waals surface area contributed by atoms with Crippen LogP contribution < -0.4 is 16.8 Å². The van der Waals surface area contributed by atoms with Crippen LogP contribution in [0.2, 0.25) is 0 Å². The molecule has 0 spiro atoms. The van der Waals surface area contributed by atoms with Gasteiger partial charge in [-0.2, -0.15) is 0 Å². The molecular formula is C28H44ClFN4. The summed E-state index contributed by atoms with van der Waals surface area (Å²) >= 11 is 5.84. The lowest BCUT2D eigenvalue weighted by molar-refractivity contribution is 0.400. The molecule has 0 amide bonds. The lowest BCUT2D eigenvalue weighted by Gasteiger charge is -2.15. The van der Waals surface area contributed by atoms with E-state index in [9.17, 15) is 4.39 Å². The fraction of sp³-hybridized carbons (Fsp3) is 0.536. The third-order valence-electron chi connectivity index (χ3n) is 5.92. The predicted octanol–water partition coefficient (Wildman–Crippen LogP) is 6.40. The van der Waals surface area contributed by atoms with Crippen molar-refractivity contribution in [1.82, 2.24) is 5.32 Å². The number of allylic oxidation sites excluding steroid dienone is 3. The molecule has 1 unspecified atom stereocenters. The number of benzene rings is 1. The van der Waals surface area contributed by atoms with Gasteiger partial charge in [-0.25, -0.2) is 4.39 Å². The van der Waals surface area contributed by atoms with Crippen molar-refractivity contribution in [3.8, 4) is 0 Å². The zero-order valence-electron chi connectivity index (χ0n) is 20.7. The Labute approximate surface area is 211 Å². The van der Waals surface area contributed by atoms with Gasteiger partial charge in [0.15, 0.2) is 0 Å². The molecule has 0 heterocycles. The molecule has 0 aromatic heterocycles. The van der Waals surface area contributed by atoms with Gasteiger partial charge in [-0.1, -0.05) is 49.2 Å². The SMILES string of the molecule is C=CCCCCNC(=C)Cc1ccc(CCCCC(CCCN)CCN=C/C(Cl)=C\N)cc1F. The molecule has 34 heavy (non-hydrogen) atoms. The summed E-state index contributed by atoms with van der Waals surface area (Å²) < 4.78 is 14.6. The van der Waals surface area contributed by atoms with Crippen LogP contribution in [0.5, 0.6) is 0 Å². The third-order valence-corrected chi connectivity index (χ3v) is 6.14. The Balaban J connectivity index is 2.39. The van der Waals surface area contributed by atoms with Crippen molar-refractivity contribution < 1.29 is 4.39 Å². The molecule has 0 aliphatic heterocycles. The molecule has 190 valence electrons. The number of nitrogens with two attached hydrogens (primary N) is 2. The third kappa shape index (κ3) is 14.2. The molecule has 1 rings (SSSR count). The lowest BCUT2D eigenvalue weighted by Crippen LogP contribution is -2.16. The summed E-state index contributed by atoms with van der Waals surface area (Å²) in [5.41, 5.74) is 13.7. The Hall–Kier alpha value is -2.11. The normalized spacial score (nSPS) is 12.7. The van der Waals surface area contributed by atoms with Crippen LogP contribution in [0, 0.1) is 11.7 Å². The second-order valence-electron chi connectivity index (χ2n) is 8.84. The van der Waals surface area contributed by atoms with Gasteiger partial charge >= 0.3 is 0 Å². The molecule has 6 heteroatoms. The van der Waals surface area contributed by atoms with Crippen molar-refractivity contribution >= 4 is 17.8 Å². The molecule has 0 fully saturated rings. The van der Waals surface area contributed by atoms with Crippen molar-refractivity contribution in [2.24, 2.45) is 22.4 Å². The zero-order chi connectivity index (χ0) is 25.0. The average Bonchev–Trinajstić information content (AvgIpc) is 2.83. The molecule has 0 bridgehead atoms. The number of halogens is 2. The summed E-state index contributed by atoms with van der Waals surface area (Å²) in [6.07, 6.45) is 15.9. The van der Waals surface area contributed by atoms with E-state index in [1.165, 1.54) is 6.20 Å². The molecule has 0 saturated carbocycles. The highest BCUT2D eigenvalue weighted by atomic mass is 35.5. The minimum atomic E-state index is -0.143. The summed E-state index contributed by atoms with van der Waals surface area (Å²) in [5.74, 6) is 0.451. The van der Waals surface area contributed by atoms with E-state index in [1.807, 2.05) is 18.2 Å². The topological polar surface area (TPSA) is 76.4 Å². The fourth-order valence-corrected chi connectivity index (χ4v) is 3.98. The van der Waals surface area contributed by atoms with Crippen LogP contribution in [0.15, 0.2) is 59.4 Å². The van der Waals surface area contributed by atoms with E-state index in [1.54, 1.807) is 12.3 Å². The number of hydrogen-bond acceptors (Lipinski definition) is 4. The molecule has 0 aliphatic rings. The second-order valence-corrected chi connectivity index (χ2v) is 9.27. The fourth-order valence-electron chi connectivity index (χ4n) is 3.91. The number of hydrogen-bond donors (Lipinski definition) is 3. The first-order valence-corrected chi connectivity index (χ1v) is 12.9. The smallest absolute Gasteiger partial charge is 0.127 e. The Morgan fingerprint density at radius 2 is 1.94 bits per heavy atom. The highest BCUT2D eigenvalue weighted by Gasteiger charge is 2.09. The number of nitrogens with zero attached hydrogens (tertiary/aromatic N) is 1. The first-order valence-electron chi connectivity index (χ1n) is 12.6. The zero-order valence-corrected chi connectivity index (χ0v) is 21.5. The summed E-state index contributed by atoms with van der Waals surface area (Å²) in [6, 6.07) is 5.63. The van der Waals surface area contributed by atoms with Crippen LogP contribution in [0.3, 0.4) is 0 Å². The highest BCUT2D eigenvalue weighted by Crippen LogP contribution is 2.21. The van der Waals surface area contributed by atoms with Gasteiger partial charge in [0, 0.05) is 37.6 Å². The largest absolute Gasteiger partial charge is 0.403 e. The Morgan fingerprint density at radius 1 is 1.15 bits per heavy atom. The van der Waals surface area contributed by atoms with Gasteiger partial charge in [0.05, 0.1) is 5.03 Å². The van der Waals surface area contributed by atoms with Crippen molar-refractivity contribution in [3.63, 3.8) is 0 Å². The van der Waals surface area contributed by atoms with E-state index in [2.05, 4.69) is 23.5 Å². The minimum absolute atomic E-state index is 0.143. The van der Waals surface area contributed by atoms with E-state index in [0.29, 0.717) is 29.5 Å². The van der Waals surface area contributed by atoms with Gasteiger partial charge in [0.1, 0.15) is 5.82 Å². The van der Waals surface area contributed by atoms with E-state index < -0.39 is 0 Å². The molecular weight excluding hydrogens is 447 g/mol. The number of rotatable bonds is 20. The highest BCUT2D eigenvalue weighted by molar-refractivity contribution is 6.39. The molecule has 1 aromatic rings. The van der Waals surface area contributed by atoms with Crippen LogP contribution >= 0.6 is 11.6 Å². The first-order chi connectivity index (χ1) is 16.5. The van der Waals surface area contributed by atoms with Gasteiger partial charge in [0.25, 0.3) is 0 Å². The van der Waals surface area contributed by atoms with Crippen LogP contribution in [0.1, 0.15) is 68.9 Å². The molecule has 4 nitrogen and oxygen atoms in total. The predicted molar refractivity (Wildman–Crippen MR) is 147 cm³/mol. The number of aryl methyl sites for hydroxylation is 1. The van der Waals surface area contributed by atoms with Gasteiger partial charge in [-0.3, -0.25) is 4.99 Å². The maximum Gasteiger partial charge on any atom is 0.127 e. The van der Waals surface area contributed by atoms with Crippen LogP contribution in [-0.2, 0) is 12.8 Å². The minimum Gasteiger partial charge on any atom is -0.403 e. The number of unbranched alkanes of at least 4 members (excludes halogenated alkanes) is 3. The summed E-state index contributed by atoms with van der Waals surface area (Å²) in [5, 5.41) is 3.75. The molecule has 0 radical (unpaired) electrons. The number of nitrogens with one attached hydrogen (secondary N) is 1. The average molecular weight is 491 g/mol. The van der Waals surface area contributed by atoms with Gasteiger partial charge in [-0.05, 0) is 81.0 Å². The second kappa shape index (κ2) is 19.2. The van der Waals surface area contributed by atoms with Crippen LogP contribution in [0.4, 0.5) is 4.39 Å². The monoisotopic (exact) mass is 490 g/mol. The lowest BCUT2D eigenvalue weighted by atomic mass is 9.92. The maximum absolute atomic E-state index is 14.6. The summed E-state index contributed by atoms with van der Waals surface area (Å²) in [6.45, 7) is 10.1. The molecule has 1 atom stereocenters. The maximum atomic E-state index is 14.6. The van der Waals surface area contributed by atoms with E-state index in [4.69, 9.17) is 23.1 Å².